The van der Waals surface area contributed by atoms with Crippen molar-refractivity contribution in [3.8, 4) is 0 Å². The molecule has 0 aromatic rings. The van der Waals surface area contributed by atoms with Crippen molar-refractivity contribution >= 4 is 5.78 Å². The number of rotatable bonds is 13. The number of carbonyl (C=O) groups is 1. The van der Waals surface area contributed by atoms with Gasteiger partial charge in [0, 0.05) is 60.0 Å². The predicted octanol–water partition coefficient (Wildman–Crippen LogP) is 2.97. The Kier molecular flexibility index (Phi) is 15.3. The number of aliphatic hydroxyl groups is 5. The normalized spacial score (nSPS) is 53.6. The molecule has 0 radical (unpaired) electrons. The van der Waals surface area contributed by atoms with Crippen LogP contribution in [0.5, 0.6) is 0 Å². The summed E-state index contributed by atoms with van der Waals surface area (Å²) < 4.78 is 75.0. The van der Waals surface area contributed by atoms with Crippen LogP contribution in [0.25, 0.3) is 0 Å². The predicted molar refractivity (Wildman–Crippen MR) is 236 cm³/mol. The van der Waals surface area contributed by atoms with E-state index in [1.54, 1.807) is 42.3 Å². The second-order valence-corrected chi connectivity index (χ2v) is 21.5. The van der Waals surface area contributed by atoms with E-state index in [1.165, 1.54) is 6.92 Å². The van der Waals surface area contributed by atoms with E-state index in [-0.39, 0.29) is 50.1 Å². The quantitative estimate of drug-likeness (QED) is 0.167. The average molecular weight is 957 g/mol. The Morgan fingerprint density at radius 2 is 1.07 bits per heavy atom. The van der Waals surface area contributed by atoms with Crippen molar-refractivity contribution in [2.24, 2.45) is 16.7 Å². The molecule has 4 aliphatic heterocycles. The van der Waals surface area contributed by atoms with Crippen LogP contribution in [0.2, 0.25) is 0 Å². The summed E-state index contributed by atoms with van der Waals surface area (Å²) >= 11 is 0. The highest BCUT2D eigenvalue weighted by Gasteiger charge is 2.80. The van der Waals surface area contributed by atoms with Crippen LogP contribution in [0.1, 0.15) is 119 Å². The minimum absolute atomic E-state index is 0.00940. The van der Waals surface area contributed by atoms with Crippen LogP contribution in [-0.4, -0.2) is 187 Å². The van der Waals surface area contributed by atoms with E-state index in [1.807, 2.05) is 26.8 Å². The summed E-state index contributed by atoms with van der Waals surface area (Å²) in [4.78, 5) is 12.8. The molecule has 3 saturated carbocycles. The summed E-state index contributed by atoms with van der Waals surface area (Å²) in [5, 5.41) is 58.7. The van der Waals surface area contributed by atoms with Crippen LogP contribution in [0.3, 0.4) is 0 Å². The molecule has 67 heavy (non-hydrogen) atoms. The molecule has 0 spiro atoms. The summed E-state index contributed by atoms with van der Waals surface area (Å²) in [6.07, 6.45) is -3.49. The van der Waals surface area contributed by atoms with Gasteiger partial charge in [0.1, 0.15) is 41.2 Å². The average Bonchev–Trinajstić information content (AvgIpc) is 3.52. The lowest BCUT2D eigenvalue weighted by atomic mass is 9.42. The first-order valence-corrected chi connectivity index (χ1v) is 24.7. The fourth-order valence-electron chi connectivity index (χ4n) is 13.9. The summed E-state index contributed by atoms with van der Waals surface area (Å²) in [6, 6.07) is 0. The van der Waals surface area contributed by atoms with E-state index >= 15 is 0 Å². The number of hydrogen-bond donors (Lipinski definition) is 5. The van der Waals surface area contributed by atoms with Gasteiger partial charge in [-0.05, 0) is 85.0 Å². The Bertz CT molecular complexity index is 1770. The highest BCUT2D eigenvalue weighted by molar-refractivity contribution is 5.87. The van der Waals surface area contributed by atoms with Gasteiger partial charge in [-0.3, -0.25) is 4.79 Å². The summed E-state index contributed by atoms with van der Waals surface area (Å²) in [5.41, 5.74) is -6.52. The van der Waals surface area contributed by atoms with Crippen LogP contribution in [-0.2, 0) is 61.6 Å². The van der Waals surface area contributed by atoms with Gasteiger partial charge in [0.15, 0.2) is 30.9 Å². The molecular formula is C49H80O18. The number of aliphatic hydroxyl groups excluding tert-OH is 2. The number of hydrogen-bond acceptors (Lipinski definition) is 18. The van der Waals surface area contributed by atoms with E-state index in [9.17, 15) is 30.3 Å². The molecule has 8 rings (SSSR count). The molecule has 0 aromatic carbocycles. The van der Waals surface area contributed by atoms with E-state index in [2.05, 4.69) is 6.92 Å². The Morgan fingerprint density at radius 3 is 1.54 bits per heavy atom. The fraction of sp³-hybridized carbons (Fsp3) is 0.939. The SMILES string of the molecule is CO[C@H]1C[C@@H](O[C@H]2[C@H](C)O[C@H](O[C@H]3[C@@H](C)O[C@H](O[C@H]4[C@@H](OC)C[C@H](O[C@@H]5CC[C@]6(C)C(=CC[C@@]7(O)[C@H]6C[C@H](O)[C@]6(C)[C@@]7(O)CC[C@]6(O)C(C)=O)C5)O[C@@H]4C)C[C@H]3OC)C[C@H]2OC)O[C@H](C)[C@H]1O. The monoisotopic (exact) mass is 957 g/mol. The fourth-order valence-corrected chi connectivity index (χ4v) is 13.9. The lowest BCUT2D eigenvalue weighted by Gasteiger charge is -2.66. The molecule has 4 aliphatic carbocycles. The number of ketones is 1. The molecular weight excluding hydrogens is 877 g/mol. The van der Waals surface area contributed by atoms with Crippen LogP contribution in [0.4, 0.5) is 0 Å². The number of ether oxygens (including phenoxy) is 12. The van der Waals surface area contributed by atoms with E-state index in [0.717, 1.165) is 5.57 Å². The standard InChI is InChI=1S/C49H80O18/c1-24-41(52)31(56-8)19-38(60-24)65-43-26(3)62-40(21-33(43)58-10)67-44-27(4)63-39(22-34(44)59-11)66-42-25(2)61-37(20-32(42)57-9)64-30-13-14-45(6)29(18-30)12-15-48(54)35(45)23-36(51)46(7)47(53,28(5)50)16-17-49(46,48)55/h12,24-27,30-44,51-55H,13-23H2,1-11H3/t24-,25-,26+,27-,30-,31+,32+,33-,34-,35+,36+,37+,38-,39-,40-,41-,42-,43+,44+,45-,46+,47+,48-,49+/m1/s1. The van der Waals surface area contributed by atoms with Gasteiger partial charge in [-0.1, -0.05) is 25.5 Å². The molecule has 24 atom stereocenters. The molecule has 7 fully saturated rings. The highest BCUT2D eigenvalue weighted by Crippen LogP contribution is 2.70. The van der Waals surface area contributed by atoms with Gasteiger partial charge in [-0.25, -0.2) is 0 Å². The molecule has 0 unspecified atom stereocenters. The van der Waals surface area contributed by atoms with Gasteiger partial charge >= 0.3 is 0 Å². The zero-order valence-electron chi connectivity index (χ0n) is 41.4. The maximum atomic E-state index is 12.8. The van der Waals surface area contributed by atoms with Gasteiger partial charge in [0.25, 0.3) is 0 Å². The lowest BCUT2D eigenvalue weighted by Crippen LogP contribution is -2.78. The smallest absolute Gasteiger partial charge is 0.162 e. The first-order chi connectivity index (χ1) is 31.6. The number of Topliss-reactive ketones (excluding diaryl/α,β-unsaturated/α-hetero) is 1. The number of methoxy groups -OCH3 is 4. The molecule has 0 bridgehead atoms. The number of carbonyl (C=O) groups excluding carboxylic acids is 1. The Labute approximate surface area is 395 Å². The van der Waals surface area contributed by atoms with Gasteiger partial charge in [0.2, 0.25) is 0 Å². The molecule has 4 heterocycles. The largest absolute Gasteiger partial charge is 0.392 e. The van der Waals surface area contributed by atoms with E-state index < -0.39 is 126 Å². The lowest BCUT2D eigenvalue weighted by molar-refractivity contribution is -0.347. The van der Waals surface area contributed by atoms with E-state index in [4.69, 9.17) is 56.8 Å². The topological polar surface area (TPSA) is 229 Å². The zero-order chi connectivity index (χ0) is 48.6. The third-order valence-corrected chi connectivity index (χ3v) is 18.2. The minimum Gasteiger partial charge on any atom is -0.392 e. The summed E-state index contributed by atoms with van der Waals surface area (Å²) in [7, 11) is 6.49. The van der Waals surface area contributed by atoms with Crippen molar-refractivity contribution in [2.75, 3.05) is 28.4 Å². The Morgan fingerprint density at radius 1 is 0.627 bits per heavy atom. The Hall–Kier alpha value is -1.27. The molecule has 4 saturated heterocycles. The third-order valence-electron chi connectivity index (χ3n) is 18.2. The van der Waals surface area contributed by atoms with Crippen LogP contribution >= 0.6 is 0 Å². The highest BCUT2D eigenvalue weighted by atomic mass is 16.8. The molecule has 18 nitrogen and oxygen atoms in total. The van der Waals surface area contributed by atoms with Crippen molar-refractivity contribution in [2.45, 2.75) is 247 Å². The third kappa shape index (κ3) is 8.74. The summed E-state index contributed by atoms with van der Waals surface area (Å²) in [5.74, 6) is -1.01. The minimum atomic E-state index is -1.94. The molecule has 8 aliphatic rings. The van der Waals surface area contributed by atoms with Gasteiger partial charge in [-0.2, -0.15) is 0 Å². The van der Waals surface area contributed by atoms with Gasteiger partial charge in [-0.15, -0.1) is 0 Å². The second kappa shape index (κ2) is 19.6. The van der Waals surface area contributed by atoms with Gasteiger partial charge < -0.3 is 82.4 Å². The molecule has 384 valence electrons. The van der Waals surface area contributed by atoms with Crippen LogP contribution in [0.15, 0.2) is 11.6 Å². The second-order valence-electron chi connectivity index (χ2n) is 21.5. The van der Waals surface area contributed by atoms with Crippen molar-refractivity contribution in [1.82, 2.24) is 0 Å². The maximum Gasteiger partial charge on any atom is 0.162 e. The van der Waals surface area contributed by atoms with Crippen molar-refractivity contribution < 1.29 is 87.2 Å². The van der Waals surface area contributed by atoms with Crippen LogP contribution < -0.4 is 0 Å². The molecule has 0 amide bonds. The maximum absolute atomic E-state index is 12.8. The van der Waals surface area contributed by atoms with Crippen molar-refractivity contribution in [1.29, 1.82) is 0 Å². The van der Waals surface area contributed by atoms with Gasteiger partial charge in [0.05, 0.1) is 66.5 Å². The first-order valence-electron chi connectivity index (χ1n) is 24.7. The van der Waals surface area contributed by atoms with E-state index in [0.29, 0.717) is 44.9 Å². The molecule has 0 aromatic heterocycles. The summed E-state index contributed by atoms with van der Waals surface area (Å²) in [6.45, 7) is 12.5. The Balaban J connectivity index is 0.847. The first kappa shape index (κ1) is 52.1. The van der Waals surface area contributed by atoms with Crippen molar-refractivity contribution in [3.63, 3.8) is 0 Å². The van der Waals surface area contributed by atoms with Crippen molar-refractivity contribution in [3.05, 3.63) is 11.6 Å². The number of fused-ring (bicyclic) bond motifs is 5. The zero-order valence-corrected chi connectivity index (χ0v) is 41.4. The molecule has 18 heteroatoms. The van der Waals surface area contributed by atoms with Crippen LogP contribution in [0, 0.1) is 16.7 Å². The molecule has 5 N–H and O–H groups in total.